The van der Waals surface area contributed by atoms with Crippen LogP contribution in [0.2, 0.25) is 0 Å². The van der Waals surface area contributed by atoms with Gasteiger partial charge in [-0.25, -0.2) is 4.79 Å². The molecular formula is C22H12O4. The summed E-state index contributed by atoms with van der Waals surface area (Å²) in [6.07, 6.45) is 0. The van der Waals surface area contributed by atoms with Gasteiger partial charge in [0.25, 0.3) is 0 Å². The normalized spacial score (nSPS) is 12.2. The Balaban J connectivity index is 1.92. The van der Waals surface area contributed by atoms with E-state index in [2.05, 4.69) is 6.07 Å². The zero-order chi connectivity index (χ0) is 17.4. The summed E-state index contributed by atoms with van der Waals surface area (Å²) in [4.78, 5) is 12.0. The molecule has 0 saturated carbocycles. The third-order valence-electron chi connectivity index (χ3n) is 5.12. The molecule has 124 valence electrons. The first-order valence-corrected chi connectivity index (χ1v) is 8.35. The van der Waals surface area contributed by atoms with E-state index in [-0.39, 0.29) is 5.97 Å². The molecule has 2 aliphatic heterocycles. The number of methoxy groups -OCH3 is 1. The Morgan fingerprint density at radius 3 is 2.23 bits per heavy atom. The highest BCUT2D eigenvalue weighted by Crippen LogP contribution is 2.47. The van der Waals surface area contributed by atoms with E-state index in [4.69, 9.17) is 13.6 Å². The van der Waals surface area contributed by atoms with Crippen molar-refractivity contribution in [2.75, 3.05) is 7.11 Å². The standard InChI is InChI=1S/C22H12O4/c1-24-22(23)13-9-12-6-8-15-21-19(12)17(10-13)26-16-7-5-11-3-2-4-14(25-15)18(11)20(16)21/h2-10H,1H3. The molecule has 0 fully saturated rings. The monoisotopic (exact) mass is 340 g/mol. The summed E-state index contributed by atoms with van der Waals surface area (Å²) < 4.78 is 17.3. The third kappa shape index (κ3) is 1.56. The van der Waals surface area contributed by atoms with E-state index < -0.39 is 0 Å². The molecule has 0 atom stereocenters. The van der Waals surface area contributed by atoms with Gasteiger partial charge in [-0.15, -0.1) is 0 Å². The van der Waals surface area contributed by atoms with Gasteiger partial charge in [0.05, 0.1) is 12.7 Å². The number of benzene rings is 4. The number of rotatable bonds is 1. The molecule has 4 aromatic carbocycles. The summed E-state index contributed by atoms with van der Waals surface area (Å²) in [5.74, 6) is -0.382. The van der Waals surface area contributed by atoms with Crippen LogP contribution in [0, 0.1) is 0 Å². The average Bonchev–Trinajstić information content (AvgIpc) is 2.69. The van der Waals surface area contributed by atoms with Crippen LogP contribution in [-0.2, 0) is 4.74 Å². The molecule has 2 heterocycles. The second-order valence-corrected chi connectivity index (χ2v) is 6.50. The molecule has 0 N–H and O–H groups in total. The lowest BCUT2D eigenvalue weighted by atomic mass is 9.90. The molecule has 4 heteroatoms. The highest BCUT2D eigenvalue weighted by Gasteiger charge is 2.24. The van der Waals surface area contributed by atoms with E-state index in [9.17, 15) is 4.79 Å². The van der Waals surface area contributed by atoms with Crippen molar-refractivity contribution in [2.24, 2.45) is 0 Å². The molecule has 26 heavy (non-hydrogen) atoms. The predicted molar refractivity (Wildman–Crippen MR) is 100 cm³/mol. The molecule has 0 saturated heterocycles. The summed E-state index contributed by atoms with van der Waals surface area (Å²) in [5.41, 5.74) is 5.62. The summed E-state index contributed by atoms with van der Waals surface area (Å²) >= 11 is 0. The van der Waals surface area contributed by atoms with Crippen molar-refractivity contribution in [1.82, 2.24) is 0 Å². The molecule has 6 rings (SSSR count). The highest BCUT2D eigenvalue weighted by molar-refractivity contribution is 6.23. The maximum absolute atomic E-state index is 12.0. The zero-order valence-corrected chi connectivity index (χ0v) is 13.8. The molecule has 0 radical (unpaired) electrons. The molecule has 0 spiro atoms. The van der Waals surface area contributed by atoms with Crippen LogP contribution >= 0.6 is 0 Å². The summed E-state index contributed by atoms with van der Waals surface area (Å²) in [6.45, 7) is 0. The SMILES string of the molecule is COC(=O)c1cc2ccc3oc4cccc5ccc6oc(c1)c2c3-c6c54. The van der Waals surface area contributed by atoms with Crippen LogP contribution < -0.4 is 0 Å². The van der Waals surface area contributed by atoms with Crippen LogP contribution in [0.15, 0.2) is 63.4 Å². The van der Waals surface area contributed by atoms with Gasteiger partial charge in [-0.3, -0.25) is 0 Å². The molecule has 4 nitrogen and oxygen atoms in total. The fraction of sp³-hybridized carbons (Fsp3) is 0.0455. The van der Waals surface area contributed by atoms with Gasteiger partial charge in [0.15, 0.2) is 0 Å². The Bertz CT molecular complexity index is 1430. The van der Waals surface area contributed by atoms with Crippen LogP contribution in [0.4, 0.5) is 0 Å². The molecule has 0 bridgehead atoms. The van der Waals surface area contributed by atoms with Crippen molar-refractivity contribution in [2.45, 2.75) is 0 Å². The van der Waals surface area contributed by atoms with Gasteiger partial charge in [0.1, 0.15) is 22.3 Å². The quantitative estimate of drug-likeness (QED) is 0.215. The lowest BCUT2D eigenvalue weighted by molar-refractivity contribution is 0.0601. The Labute approximate surface area is 147 Å². The Morgan fingerprint density at radius 1 is 0.769 bits per heavy atom. The fourth-order valence-electron chi connectivity index (χ4n) is 4.04. The van der Waals surface area contributed by atoms with Gasteiger partial charge in [-0.05, 0) is 41.1 Å². The van der Waals surface area contributed by atoms with Crippen LogP contribution in [0.5, 0.6) is 0 Å². The summed E-state index contributed by atoms with van der Waals surface area (Å²) in [6, 6.07) is 17.5. The van der Waals surface area contributed by atoms with Gasteiger partial charge < -0.3 is 13.6 Å². The number of hydrogen-bond donors (Lipinski definition) is 0. The molecule has 2 aliphatic rings. The van der Waals surface area contributed by atoms with Crippen molar-refractivity contribution >= 4 is 49.8 Å². The van der Waals surface area contributed by atoms with Gasteiger partial charge in [0, 0.05) is 21.9 Å². The van der Waals surface area contributed by atoms with Crippen molar-refractivity contribution in [1.29, 1.82) is 0 Å². The second kappa shape index (κ2) is 4.55. The van der Waals surface area contributed by atoms with Crippen molar-refractivity contribution < 1.29 is 18.4 Å². The van der Waals surface area contributed by atoms with Crippen LogP contribution in [0.1, 0.15) is 10.4 Å². The molecule has 0 aliphatic carbocycles. The topological polar surface area (TPSA) is 52.6 Å². The number of hydrogen-bond acceptors (Lipinski definition) is 4. The first-order chi connectivity index (χ1) is 12.7. The van der Waals surface area contributed by atoms with Gasteiger partial charge in [0.2, 0.25) is 0 Å². The number of carbonyl (C=O) groups is 1. The maximum Gasteiger partial charge on any atom is 0.338 e. The van der Waals surface area contributed by atoms with Gasteiger partial charge in [-0.2, -0.15) is 0 Å². The van der Waals surface area contributed by atoms with Gasteiger partial charge in [-0.1, -0.05) is 24.3 Å². The first kappa shape index (κ1) is 13.7. The highest BCUT2D eigenvalue weighted by atomic mass is 16.5. The Hall–Kier alpha value is -3.53. The number of carbonyl (C=O) groups excluding carboxylic acids is 1. The molecule has 0 unspecified atom stereocenters. The average molecular weight is 340 g/mol. The molecule has 4 aromatic rings. The smallest absolute Gasteiger partial charge is 0.338 e. The molecule has 0 amide bonds. The Kier molecular flexibility index (Phi) is 2.40. The lowest BCUT2D eigenvalue weighted by Gasteiger charge is -2.19. The third-order valence-corrected chi connectivity index (χ3v) is 5.12. The zero-order valence-electron chi connectivity index (χ0n) is 13.8. The lowest BCUT2D eigenvalue weighted by Crippen LogP contribution is -2.02. The summed E-state index contributed by atoms with van der Waals surface area (Å²) in [5, 5.41) is 4.06. The number of esters is 1. The van der Waals surface area contributed by atoms with E-state index in [1.54, 1.807) is 6.07 Å². The van der Waals surface area contributed by atoms with E-state index in [0.717, 1.165) is 49.4 Å². The minimum absolute atomic E-state index is 0.382. The second-order valence-electron chi connectivity index (χ2n) is 6.50. The van der Waals surface area contributed by atoms with Crippen molar-refractivity contribution in [3.05, 3.63) is 60.2 Å². The van der Waals surface area contributed by atoms with Crippen molar-refractivity contribution in [3.63, 3.8) is 0 Å². The van der Waals surface area contributed by atoms with Crippen LogP contribution in [0.3, 0.4) is 0 Å². The van der Waals surface area contributed by atoms with Gasteiger partial charge >= 0.3 is 5.97 Å². The van der Waals surface area contributed by atoms with E-state index >= 15 is 0 Å². The predicted octanol–water partition coefficient (Wildman–Crippen LogP) is 5.81. The number of ether oxygens (including phenoxy) is 1. The molecular weight excluding hydrogens is 328 g/mol. The fourth-order valence-corrected chi connectivity index (χ4v) is 4.04. The molecule has 0 aromatic heterocycles. The van der Waals surface area contributed by atoms with Crippen LogP contribution in [-0.4, -0.2) is 13.1 Å². The maximum atomic E-state index is 12.0. The van der Waals surface area contributed by atoms with Crippen LogP contribution in [0.25, 0.3) is 55.0 Å². The summed E-state index contributed by atoms with van der Waals surface area (Å²) in [7, 11) is 1.38. The van der Waals surface area contributed by atoms with E-state index in [1.807, 2.05) is 42.5 Å². The minimum atomic E-state index is -0.382. The largest absolute Gasteiger partial charge is 0.465 e. The van der Waals surface area contributed by atoms with Crippen molar-refractivity contribution in [3.8, 4) is 11.1 Å². The minimum Gasteiger partial charge on any atom is -0.465 e. The van der Waals surface area contributed by atoms with E-state index in [0.29, 0.717) is 11.1 Å². The Morgan fingerprint density at radius 2 is 1.46 bits per heavy atom. The van der Waals surface area contributed by atoms with E-state index in [1.165, 1.54) is 7.11 Å². The first-order valence-electron chi connectivity index (χ1n) is 8.35.